The summed E-state index contributed by atoms with van der Waals surface area (Å²) in [4.78, 5) is 12.1. The van der Waals surface area contributed by atoms with Gasteiger partial charge in [0.15, 0.2) is 6.10 Å². The Morgan fingerprint density at radius 1 is 1.20 bits per heavy atom. The first-order valence-corrected chi connectivity index (χ1v) is 6.45. The molecule has 3 N–H and O–H groups in total. The summed E-state index contributed by atoms with van der Waals surface area (Å²) >= 11 is 0. The van der Waals surface area contributed by atoms with Gasteiger partial charge in [-0.2, -0.15) is 0 Å². The molecule has 0 fully saturated rings. The Morgan fingerprint density at radius 3 is 2.60 bits per heavy atom. The topological polar surface area (TPSA) is 64.3 Å². The van der Waals surface area contributed by atoms with E-state index in [1.165, 1.54) is 0 Å². The average Bonchev–Trinajstić information content (AvgIpc) is 2.44. The van der Waals surface area contributed by atoms with Crippen LogP contribution in [0.3, 0.4) is 0 Å². The molecule has 1 atom stereocenters. The van der Waals surface area contributed by atoms with Crippen LogP contribution in [0.5, 0.6) is 5.75 Å². The van der Waals surface area contributed by atoms with E-state index in [4.69, 9.17) is 10.5 Å². The number of hydrogen-bond donors (Lipinski definition) is 2. The molecule has 0 bridgehead atoms. The van der Waals surface area contributed by atoms with Crippen molar-refractivity contribution in [3.63, 3.8) is 0 Å². The van der Waals surface area contributed by atoms with E-state index in [0.29, 0.717) is 17.1 Å². The van der Waals surface area contributed by atoms with Crippen molar-refractivity contribution in [3.05, 3.63) is 54.1 Å². The zero-order valence-electron chi connectivity index (χ0n) is 11.6. The van der Waals surface area contributed by atoms with Gasteiger partial charge in [-0.1, -0.05) is 24.3 Å². The number of para-hydroxylation sites is 1. The Kier molecular flexibility index (Phi) is 4.25. The van der Waals surface area contributed by atoms with Gasteiger partial charge in [-0.25, -0.2) is 0 Å². The molecule has 2 aromatic rings. The molecule has 0 unspecified atom stereocenters. The first kappa shape index (κ1) is 13.9. The molecule has 0 radical (unpaired) electrons. The minimum Gasteiger partial charge on any atom is -0.481 e. The predicted molar refractivity (Wildman–Crippen MR) is 80.8 cm³/mol. The number of hydrogen-bond acceptors (Lipinski definition) is 3. The molecule has 2 aromatic carbocycles. The minimum absolute atomic E-state index is 0.206. The molecule has 0 aliphatic carbocycles. The number of amides is 1. The molecule has 4 heteroatoms. The molecule has 0 spiro atoms. The third-order valence-electron chi connectivity index (χ3n) is 2.94. The fourth-order valence-corrected chi connectivity index (χ4v) is 1.77. The van der Waals surface area contributed by atoms with Gasteiger partial charge in [-0.05, 0) is 43.7 Å². The molecule has 0 saturated carbocycles. The lowest BCUT2D eigenvalue weighted by molar-refractivity contribution is -0.122. The van der Waals surface area contributed by atoms with Crippen LogP contribution in [0.2, 0.25) is 0 Å². The molecule has 104 valence electrons. The molecule has 4 nitrogen and oxygen atoms in total. The number of carbonyl (C=O) groups excluding carboxylic acids is 1. The van der Waals surface area contributed by atoms with E-state index in [2.05, 4.69) is 5.32 Å². The number of aryl methyl sites for hydroxylation is 1. The van der Waals surface area contributed by atoms with Crippen molar-refractivity contribution in [1.82, 2.24) is 0 Å². The Labute approximate surface area is 118 Å². The smallest absolute Gasteiger partial charge is 0.265 e. The number of benzene rings is 2. The van der Waals surface area contributed by atoms with Gasteiger partial charge in [0.1, 0.15) is 5.75 Å². The molecule has 20 heavy (non-hydrogen) atoms. The van der Waals surface area contributed by atoms with Gasteiger partial charge in [0.25, 0.3) is 5.91 Å². The number of carbonyl (C=O) groups is 1. The third kappa shape index (κ3) is 3.51. The van der Waals surface area contributed by atoms with Crippen LogP contribution in [0.25, 0.3) is 0 Å². The largest absolute Gasteiger partial charge is 0.481 e. The highest BCUT2D eigenvalue weighted by Crippen LogP contribution is 2.19. The maximum absolute atomic E-state index is 12.1. The van der Waals surface area contributed by atoms with Gasteiger partial charge in [-0.15, -0.1) is 0 Å². The van der Waals surface area contributed by atoms with Crippen molar-refractivity contribution >= 4 is 17.3 Å². The van der Waals surface area contributed by atoms with Crippen molar-refractivity contribution in [3.8, 4) is 5.75 Å². The lowest BCUT2D eigenvalue weighted by Gasteiger charge is -2.16. The van der Waals surface area contributed by atoms with Crippen LogP contribution in [0.15, 0.2) is 48.5 Å². The van der Waals surface area contributed by atoms with Crippen molar-refractivity contribution < 1.29 is 9.53 Å². The molecule has 0 heterocycles. The van der Waals surface area contributed by atoms with E-state index >= 15 is 0 Å². The first-order valence-electron chi connectivity index (χ1n) is 6.45. The maximum Gasteiger partial charge on any atom is 0.265 e. The summed E-state index contributed by atoms with van der Waals surface area (Å²) in [6.07, 6.45) is -0.585. The number of rotatable bonds is 4. The Morgan fingerprint density at radius 2 is 1.90 bits per heavy atom. The van der Waals surface area contributed by atoms with Crippen LogP contribution >= 0.6 is 0 Å². The monoisotopic (exact) mass is 270 g/mol. The van der Waals surface area contributed by atoms with E-state index in [1.807, 2.05) is 43.3 Å². The summed E-state index contributed by atoms with van der Waals surface area (Å²) in [7, 11) is 0. The van der Waals surface area contributed by atoms with E-state index < -0.39 is 6.10 Å². The van der Waals surface area contributed by atoms with Crippen molar-refractivity contribution in [2.75, 3.05) is 11.1 Å². The third-order valence-corrected chi connectivity index (χ3v) is 2.94. The molecule has 2 rings (SSSR count). The minimum atomic E-state index is -0.585. The quantitative estimate of drug-likeness (QED) is 0.839. The van der Waals surface area contributed by atoms with Crippen LogP contribution in [0.4, 0.5) is 11.4 Å². The number of nitrogens with one attached hydrogen (secondary N) is 1. The summed E-state index contributed by atoms with van der Waals surface area (Å²) in [5, 5.41) is 2.83. The highest BCUT2D eigenvalue weighted by atomic mass is 16.5. The van der Waals surface area contributed by atoms with Gasteiger partial charge in [0.2, 0.25) is 0 Å². The number of nitrogen functional groups attached to an aromatic ring is 1. The summed E-state index contributed by atoms with van der Waals surface area (Å²) in [6, 6.07) is 14.7. The second-order valence-electron chi connectivity index (χ2n) is 4.64. The first-order chi connectivity index (χ1) is 9.56. The Balaban J connectivity index is 2.02. The Hall–Kier alpha value is -2.49. The lowest BCUT2D eigenvalue weighted by atomic mass is 10.1. The molecular weight excluding hydrogens is 252 g/mol. The zero-order chi connectivity index (χ0) is 14.5. The summed E-state index contributed by atoms with van der Waals surface area (Å²) in [6.45, 7) is 3.63. The van der Waals surface area contributed by atoms with Gasteiger partial charge >= 0.3 is 0 Å². The van der Waals surface area contributed by atoms with Crippen LogP contribution in [0, 0.1) is 6.92 Å². The molecule has 0 aromatic heterocycles. The van der Waals surface area contributed by atoms with E-state index in [-0.39, 0.29) is 5.91 Å². The van der Waals surface area contributed by atoms with Gasteiger partial charge in [-0.3, -0.25) is 4.79 Å². The maximum atomic E-state index is 12.1. The van der Waals surface area contributed by atoms with Crippen LogP contribution in [-0.4, -0.2) is 12.0 Å². The molecule has 1 amide bonds. The van der Waals surface area contributed by atoms with E-state index in [1.54, 1.807) is 19.1 Å². The molecule has 0 aliphatic heterocycles. The summed E-state index contributed by atoms with van der Waals surface area (Å²) in [5.41, 5.74) is 8.00. The normalized spacial score (nSPS) is 11.7. The van der Waals surface area contributed by atoms with Crippen molar-refractivity contribution in [2.45, 2.75) is 20.0 Å². The lowest BCUT2D eigenvalue weighted by Crippen LogP contribution is -2.30. The van der Waals surface area contributed by atoms with Gasteiger partial charge < -0.3 is 15.8 Å². The van der Waals surface area contributed by atoms with Gasteiger partial charge in [0, 0.05) is 11.4 Å². The Bertz CT molecular complexity index is 597. The fourth-order valence-electron chi connectivity index (χ4n) is 1.77. The number of nitrogens with two attached hydrogens (primary N) is 1. The SMILES string of the molecule is Cc1ccc(N)cc1NC(=O)[C@@H](C)Oc1ccccc1. The van der Waals surface area contributed by atoms with Crippen molar-refractivity contribution in [1.29, 1.82) is 0 Å². The average molecular weight is 270 g/mol. The second kappa shape index (κ2) is 6.10. The summed E-state index contributed by atoms with van der Waals surface area (Å²) < 4.78 is 5.58. The molecule has 0 aliphatic rings. The second-order valence-corrected chi connectivity index (χ2v) is 4.64. The van der Waals surface area contributed by atoms with Crippen LogP contribution < -0.4 is 15.8 Å². The predicted octanol–water partition coefficient (Wildman–Crippen LogP) is 2.98. The van der Waals surface area contributed by atoms with Crippen molar-refractivity contribution in [2.24, 2.45) is 0 Å². The van der Waals surface area contributed by atoms with Crippen LogP contribution in [-0.2, 0) is 4.79 Å². The molecular formula is C16H18N2O2. The summed E-state index contributed by atoms with van der Waals surface area (Å²) in [5.74, 6) is 0.460. The fraction of sp³-hybridized carbons (Fsp3) is 0.188. The number of anilines is 2. The van der Waals surface area contributed by atoms with E-state index in [9.17, 15) is 4.79 Å². The van der Waals surface area contributed by atoms with Crippen LogP contribution in [0.1, 0.15) is 12.5 Å². The number of ether oxygens (including phenoxy) is 1. The standard InChI is InChI=1S/C16H18N2O2/c1-11-8-9-13(17)10-15(11)18-16(19)12(2)20-14-6-4-3-5-7-14/h3-10,12H,17H2,1-2H3,(H,18,19)/t12-/m1/s1. The highest BCUT2D eigenvalue weighted by molar-refractivity contribution is 5.95. The van der Waals surface area contributed by atoms with E-state index in [0.717, 1.165) is 5.56 Å². The van der Waals surface area contributed by atoms with Gasteiger partial charge in [0.05, 0.1) is 0 Å². The highest BCUT2D eigenvalue weighted by Gasteiger charge is 2.15. The zero-order valence-corrected chi connectivity index (χ0v) is 11.6. The molecule has 0 saturated heterocycles.